The lowest BCUT2D eigenvalue weighted by Crippen LogP contribution is -2.39. The molecular formula is C11H19NO3. The van der Waals surface area contributed by atoms with Gasteiger partial charge in [-0.3, -0.25) is 9.59 Å². The molecule has 1 rings (SSSR count). The monoisotopic (exact) mass is 213 g/mol. The number of carbonyl (C=O) groups excluding carboxylic acids is 1. The molecule has 0 aliphatic heterocycles. The SMILES string of the molecule is CC(CC(=O)O)NC(=O)C1CCCC1C. The van der Waals surface area contributed by atoms with Crippen LogP contribution in [0.5, 0.6) is 0 Å². The fourth-order valence-corrected chi connectivity index (χ4v) is 2.20. The largest absolute Gasteiger partial charge is 0.481 e. The van der Waals surface area contributed by atoms with Crippen molar-refractivity contribution < 1.29 is 14.7 Å². The van der Waals surface area contributed by atoms with Gasteiger partial charge in [-0.15, -0.1) is 0 Å². The number of amides is 1. The van der Waals surface area contributed by atoms with Gasteiger partial charge in [0.1, 0.15) is 0 Å². The lowest BCUT2D eigenvalue weighted by molar-refractivity contribution is -0.137. The summed E-state index contributed by atoms with van der Waals surface area (Å²) < 4.78 is 0. The first-order valence-corrected chi connectivity index (χ1v) is 5.53. The average molecular weight is 213 g/mol. The Kier molecular flexibility index (Phi) is 4.12. The summed E-state index contributed by atoms with van der Waals surface area (Å²) >= 11 is 0. The van der Waals surface area contributed by atoms with E-state index in [0.29, 0.717) is 5.92 Å². The standard InChI is InChI=1S/C11H19NO3/c1-7-4-3-5-9(7)11(15)12-8(2)6-10(13)14/h7-9H,3-6H2,1-2H3,(H,12,15)(H,13,14). The highest BCUT2D eigenvalue weighted by atomic mass is 16.4. The molecule has 1 aliphatic rings. The van der Waals surface area contributed by atoms with E-state index >= 15 is 0 Å². The molecule has 1 saturated carbocycles. The van der Waals surface area contributed by atoms with Crippen LogP contribution in [-0.4, -0.2) is 23.0 Å². The van der Waals surface area contributed by atoms with Crippen molar-refractivity contribution in [2.45, 2.75) is 45.6 Å². The van der Waals surface area contributed by atoms with Gasteiger partial charge >= 0.3 is 5.97 Å². The van der Waals surface area contributed by atoms with E-state index in [1.54, 1.807) is 6.92 Å². The molecule has 1 fully saturated rings. The number of hydrogen-bond donors (Lipinski definition) is 2. The third-order valence-corrected chi connectivity index (χ3v) is 3.07. The Bertz CT molecular complexity index is 252. The molecule has 0 radical (unpaired) electrons. The summed E-state index contributed by atoms with van der Waals surface area (Å²) in [6.07, 6.45) is 3.14. The van der Waals surface area contributed by atoms with Crippen LogP contribution in [0.15, 0.2) is 0 Å². The first-order valence-electron chi connectivity index (χ1n) is 5.53. The Morgan fingerprint density at radius 1 is 1.47 bits per heavy atom. The van der Waals surface area contributed by atoms with E-state index in [0.717, 1.165) is 19.3 Å². The summed E-state index contributed by atoms with van der Waals surface area (Å²) in [4.78, 5) is 22.2. The van der Waals surface area contributed by atoms with Crippen LogP contribution in [0.4, 0.5) is 0 Å². The van der Waals surface area contributed by atoms with Crippen LogP contribution in [0.25, 0.3) is 0 Å². The summed E-state index contributed by atoms with van der Waals surface area (Å²) in [7, 11) is 0. The van der Waals surface area contributed by atoms with Crippen LogP contribution in [0.2, 0.25) is 0 Å². The Labute approximate surface area is 90.0 Å². The number of hydrogen-bond acceptors (Lipinski definition) is 2. The second-order valence-electron chi connectivity index (χ2n) is 4.52. The molecule has 0 aromatic carbocycles. The molecule has 0 heterocycles. The smallest absolute Gasteiger partial charge is 0.305 e. The molecule has 0 bridgehead atoms. The third kappa shape index (κ3) is 3.53. The molecule has 0 saturated heterocycles. The van der Waals surface area contributed by atoms with Gasteiger partial charge in [-0.25, -0.2) is 0 Å². The van der Waals surface area contributed by atoms with Gasteiger partial charge in [-0.05, 0) is 25.7 Å². The summed E-state index contributed by atoms with van der Waals surface area (Å²) in [5, 5.41) is 11.3. The van der Waals surface area contributed by atoms with Gasteiger partial charge in [0, 0.05) is 12.0 Å². The molecule has 4 heteroatoms. The molecule has 0 aromatic rings. The lowest BCUT2D eigenvalue weighted by Gasteiger charge is -2.18. The van der Waals surface area contributed by atoms with Crippen LogP contribution < -0.4 is 5.32 Å². The summed E-state index contributed by atoms with van der Waals surface area (Å²) in [5.74, 6) is -0.334. The molecule has 0 spiro atoms. The highest BCUT2D eigenvalue weighted by molar-refractivity contribution is 5.80. The molecule has 3 unspecified atom stereocenters. The van der Waals surface area contributed by atoms with E-state index < -0.39 is 5.97 Å². The Balaban J connectivity index is 2.37. The van der Waals surface area contributed by atoms with Gasteiger partial charge in [0.2, 0.25) is 5.91 Å². The maximum atomic E-state index is 11.7. The molecule has 1 amide bonds. The first-order chi connectivity index (χ1) is 7.00. The highest BCUT2D eigenvalue weighted by Gasteiger charge is 2.30. The van der Waals surface area contributed by atoms with Crippen molar-refractivity contribution in [2.75, 3.05) is 0 Å². The molecule has 2 N–H and O–H groups in total. The highest BCUT2D eigenvalue weighted by Crippen LogP contribution is 2.31. The van der Waals surface area contributed by atoms with Crippen LogP contribution in [-0.2, 0) is 9.59 Å². The fraction of sp³-hybridized carbons (Fsp3) is 0.818. The van der Waals surface area contributed by atoms with Crippen molar-refractivity contribution in [1.29, 1.82) is 0 Å². The summed E-state index contributed by atoms with van der Waals surface area (Å²) in [6, 6.07) is -0.275. The van der Waals surface area contributed by atoms with Crippen molar-refractivity contribution in [3.63, 3.8) is 0 Å². The first kappa shape index (κ1) is 12.0. The number of rotatable bonds is 4. The maximum Gasteiger partial charge on any atom is 0.305 e. The van der Waals surface area contributed by atoms with E-state index in [4.69, 9.17) is 5.11 Å². The third-order valence-electron chi connectivity index (χ3n) is 3.07. The van der Waals surface area contributed by atoms with Gasteiger partial charge in [0.25, 0.3) is 0 Å². The van der Waals surface area contributed by atoms with Gasteiger partial charge in [0.15, 0.2) is 0 Å². The Hall–Kier alpha value is -1.06. The predicted molar refractivity (Wildman–Crippen MR) is 56.4 cm³/mol. The van der Waals surface area contributed by atoms with Crippen molar-refractivity contribution in [1.82, 2.24) is 5.32 Å². The molecule has 3 atom stereocenters. The fourth-order valence-electron chi connectivity index (χ4n) is 2.20. The zero-order chi connectivity index (χ0) is 11.4. The summed E-state index contributed by atoms with van der Waals surface area (Å²) in [5.41, 5.74) is 0. The normalized spacial score (nSPS) is 27.3. The number of aliphatic carboxylic acids is 1. The van der Waals surface area contributed by atoms with Crippen molar-refractivity contribution in [3.8, 4) is 0 Å². The van der Waals surface area contributed by atoms with Gasteiger partial charge in [-0.1, -0.05) is 13.3 Å². The quantitative estimate of drug-likeness (QED) is 0.741. The lowest BCUT2D eigenvalue weighted by atomic mass is 9.97. The average Bonchev–Trinajstić information content (AvgIpc) is 2.49. The molecule has 86 valence electrons. The van der Waals surface area contributed by atoms with Crippen molar-refractivity contribution in [2.24, 2.45) is 11.8 Å². The number of nitrogens with one attached hydrogen (secondary N) is 1. The summed E-state index contributed by atoms with van der Waals surface area (Å²) in [6.45, 7) is 3.81. The van der Waals surface area contributed by atoms with Gasteiger partial charge < -0.3 is 10.4 Å². The minimum absolute atomic E-state index is 0.00710. The van der Waals surface area contributed by atoms with Crippen LogP contribution in [0, 0.1) is 11.8 Å². The van der Waals surface area contributed by atoms with Crippen molar-refractivity contribution >= 4 is 11.9 Å². The second-order valence-corrected chi connectivity index (χ2v) is 4.52. The number of carboxylic acids is 1. The zero-order valence-corrected chi connectivity index (χ0v) is 9.32. The minimum atomic E-state index is -0.873. The van der Waals surface area contributed by atoms with E-state index in [-0.39, 0.29) is 24.3 Å². The van der Waals surface area contributed by atoms with E-state index in [9.17, 15) is 9.59 Å². The van der Waals surface area contributed by atoms with Crippen molar-refractivity contribution in [3.05, 3.63) is 0 Å². The Morgan fingerprint density at radius 3 is 2.60 bits per heavy atom. The van der Waals surface area contributed by atoms with E-state index in [1.807, 2.05) is 0 Å². The minimum Gasteiger partial charge on any atom is -0.481 e. The molecule has 0 aromatic heterocycles. The zero-order valence-electron chi connectivity index (χ0n) is 9.32. The predicted octanol–water partition coefficient (Wildman–Crippen LogP) is 1.40. The topological polar surface area (TPSA) is 66.4 Å². The van der Waals surface area contributed by atoms with Gasteiger partial charge in [-0.2, -0.15) is 0 Å². The van der Waals surface area contributed by atoms with Crippen LogP contribution >= 0.6 is 0 Å². The number of carbonyl (C=O) groups is 2. The van der Waals surface area contributed by atoms with E-state index in [2.05, 4.69) is 12.2 Å². The van der Waals surface area contributed by atoms with E-state index in [1.165, 1.54) is 0 Å². The van der Waals surface area contributed by atoms with Gasteiger partial charge in [0.05, 0.1) is 6.42 Å². The number of carboxylic acid groups (broad SMARTS) is 1. The Morgan fingerprint density at radius 2 is 2.13 bits per heavy atom. The molecule has 15 heavy (non-hydrogen) atoms. The molecular weight excluding hydrogens is 194 g/mol. The second kappa shape index (κ2) is 5.14. The van der Waals surface area contributed by atoms with Crippen LogP contribution in [0.1, 0.15) is 39.5 Å². The van der Waals surface area contributed by atoms with Crippen LogP contribution in [0.3, 0.4) is 0 Å². The maximum absolute atomic E-state index is 11.7. The molecule has 1 aliphatic carbocycles. The molecule has 4 nitrogen and oxygen atoms in total.